The molecule has 0 saturated carbocycles. The molecular weight excluding hydrogens is 1040 g/mol. The lowest BCUT2D eigenvalue weighted by atomic mass is 9.94. The summed E-state index contributed by atoms with van der Waals surface area (Å²) in [6.07, 6.45) is -0.884. The maximum Gasteiger partial charge on any atom is 0.329 e. The number of rotatable bonds is 16. The number of aliphatic hydroxyl groups is 1. The zero-order valence-electron chi connectivity index (χ0n) is 47.8. The van der Waals surface area contributed by atoms with Crippen LogP contribution in [0.3, 0.4) is 0 Å². The number of benzene rings is 1. The molecule has 4 aliphatic heterocycles. The van der Waals surface area contributed by atoms with Crippen LogP contribution < -0.4 is 26.6 Å². The van der Waals surface area contributed by atoms with Gasteiger partial charge in [-0.25, -0.2) is 9.59 Å². The van der Waals surface area contributed by atoms with Gasteiger partial charge in [0.25, 0.3) is 11.8 Å². The van der Waals surface area contributed by atoms with E-state index in [-0.39, 0.29) is 81.4 Å². The molecule has 80 heavy (non-hydrogen) atoms. The number of amides is 9. The number of likely N-dealkylation sites (tertiary alicyclic amines) is 2. The first kappa shape index (κ1) is 63.7. The smallest absolute Gasteiger partial charge is 0.329 e. The number of carbonyl (C=O) groups is 11. The Bertz CT molecular complexity index is 2490. The van der Waals surface area contributed by atoms with Gasteiger partial charge in [0, 0.05) is 39.4 Å². The Hall–Kier alpha value is -7.11. The molecule has 11 atom stereocenters. The van der Waals surface area contributed by atoms with Gasteiger partial charge in [-0.3, -0.25) is 43.2 Å². The van der Waals surface area contributed by atoms with Crippen molar-refractivity contribution in [2.45, 2.75) is 206 Å². The number of piperidine rings is 1. The summed E-state index contributed by atoms with van der Waals surface area (Å²) >= 11 is 0. The largest absolute Gasteiger partial charge is 0.508 e. The highest BCUT2D eigenvalue weighted by Gasteiger charge is 2.47. The molecule has 5 rings (SSSR count). The first-order valence-corrected chi connectivity index (χ1v) is 28.1. The van der Waals surface area contributed by atoms with Gasteiger partial charge in [0.05, 0.1) is 0 Å². The van der Waals surface area contributed by atoms with E-state index in [1.807, 2.05) is 13.8 Å². The lowest BCUT2D eigenvalue weighted by Crippen LogP contribution is -2.64. The van der Waals surface area contributed by atoms with E-state index in [0.29, 0.717) is 37.8 Å². The Kier molecular flexibility index (Phi) is 23.0. The molecule has 2 bridgehead atoms. The maximum atomic E-state index is 14.9. The fourth-order valence-corrected chi connectivity index (χ4v) is 10.6. The van der Waals surface area contributed by atoms with E-state index in [4.69, 9.17) is 9.47 Å². The van der Waals surface area contributed by atoms with Crippen LogP contribution in [-0.4, -0.2) is 182 Å². The first-order valence-electron chi connectivity index (χ1n) is 28.1. The van der Waals surface area contributed by atoms with Crippen LogP contribution in [0.2, 0.25) is 0 Å². The third-order valence-corrected chi connectivity index (χ3v) is 15.1. The van der Waals surface area contributed by atoms with Crippen molar-refractivity contribution in [2.75, 3.05) is 20.1 Å². The molecular formula is C56H83N9O15. The summed E-state index contributed by atoms with van der Waals surface area (Å²) in [6.45, 7) is 15.0. The quantitative estimate of drug-likeness (QED) is 0.0904. The second kappa shape index (κ2) is 28.9. The van der Waals surface area contributed by atoms with Gasteiger partial charge in [-0.1, -0.05) is 59.8 Å². The van der Waals surface area contributed by atoms with Gasteiger partial charge in [-0.15, -0.1) is 0 Å². The molecule has 0 radical (unpaired) electrons. The molecule has 442 valence electrons. The van der Waals surface area contributed by atoms with Crippen molar-refractivity contribution < 1.29 is 72.4 Å². The van der Waals surface area contributed by atoms with E-state index in [0.717, 1.165) is 9.80 Å². The van der Waals surface area contributed by atoms with E-state index in [9.17, 15) is 63.0 Å². The molecule has 0 aliphatic carbocycles. The number of nitrogens with zero attached hydrogens (tertiary/aromatic N) is 4. The number of esters is 2. The van der Waals surface area contributed by atoms with Gasteiger partial charge >= 0.3 is 11.9 Å². The van der Waals surface area contributed by atoms with Crippen molar-refractivity contribution in [3.05, 3.63) is 41.6 Å². The van der Waals surface area contributed by atoms with Crippen LogP contribution in [0.25, 0.3) is 0 Å². The Labute approximate surface area is 467 Å². The van der Waals surface area contributed by atoms with Crippen LogP contribution in [-0.2, 0) is 68.6 Å². The molecule has 7 N–H and O–H groups in total. The fraction of sp³-hybridized carbons (Fsp3) is 0.661. The SMILES string of the molecule is C/C=C1\NC(=O)[C@@H](NC(=O)[C@@H](NC(=O)[C@@H]2CCCN2C(=O)CCC)[C@@H](C)OC(=O)[C@@H]2CCCN2C(=O)CCC)[C@@H](C)OC(=O)[C@H](C(C)C)NC(=O)[C@H](Cc2ccc(O)cc2)N(C)C(=O)[C@H](CC(C)C)N2C(=O)[C@H](CC[C@H]2O)NC1=O. The van der Waals surface area contributed by atoms with E-state index < -0.39 is 132 Å². The summed E-state index contributed by atoms with van der Waals surface area (Å²) in [4.78, 5) is 162. The highest BCUT2D eigenvalue weighted by molar-refractivity contribution is 6.03. The predicted octanol–water partition coefficient (Wildman–Crippen LogP) is 1.19. The number of nitrogens with one attached hydrogen (secondary N) is 5. The fourth-order valence-electron chi connectivity index (χ4n) is 10.6. The minimum Gasteiger partial charge on any atom is -0.508 e. The Morgan fingerprint density at radius 3 is 1.99 bits per heavy atom. The number of phenols is 1. The van der Waals surface area contributed by atoms with Crippen LogP contribution in [0.15, 0.2) is 36.0 Å². The second-order valence-corrected chi connectivity index (χ2v) is 22.0. The highest BCUT2D eigenvalue weighted by atomic mass is 16.6. The van der Waals surface area contributed by atoms with Gasteiger partial charge in [0.2, 0.25) is 41.4 Å². The van der Waals surface area contributed by atoms with Crippen molar-refractivity contribution in [1.29, 1.82) is 0 Å². The standard InChI is InChI=1S/C56H83N9O15/c1-11-16-42(67)63-26-14-18-38(63)49(71)60-47(32(8)79-55(77)39-19-15-27-64(39)43(68)17-12-2)52(74)61-46-33(9)80-56(78)45(31(6)7)59-50(72)40(29-34-20-22-35(66)23-21-34)62(10)54(76)41(28-30(4)5)65-44(69)25-24-37(53(65)75)58-48(70)36(13-3)57-51(46)73/h13,20-23,30-33,37-41,44-47,66,69H,11-12,14-19,24-29H2,1-10H3,(H,57,73)(H,58,70)(H,59,72)(H,60,71)(H,61,74)/b36-13-/t32-,33-,37+,38+,39+,40+,41+,44-,45+,46+,47+/m1/s1. The average Bonchev–Trinajstić information content (AvgIpc) is 4.13. The zero-order chi connectivity index (χ0) is 59.3. The topological polar surface area (TPSA) is 320 Å². The molecule has 1 aromatic rings. The van der Waals surface area contributed by atoms with Crippen LogP contribution in [0.5, 0.6) is 5.75 Å². The molecule has 24 nitrogen and oxygen atoms in total. The molecule has 4 aliphatic rings. The molecule has 9 amide bonds. The summed E-state index contributed by atoms with van der Waals surface area (Å²) in [7, 11) is 1.35. The van der Waals surface area contributed by atoms with Gasteiger partial charge < -0.3 is 65.9 Å². The molecule has 0 spiro atoms. The minimum atomic E-state index is -1.93. The van der Waals surface area contributed by atoms with E-state index in [1.165, 1.54) is 55.8 Å². The van der Waals surface area contributed by atoms with E-state index >= 15 is 0 Å². The van der Waals surface area contributed by atoms with E-state index in [1.54, 1.807) is 39.8 Å². The Balaban J connectivity index is 1.58. The number of fused-ring (bicyclic) bond motifs is 2. The normalized spacial score (nSPS) is 26.9. The van der Waals surface area contributed by atoms with Crippen LogP contribution >= 0.6 is 0 Å². The molecule has 4 fully saturated rings. The third-order valence-electron chi connectivity index (χ3n) is 15.1. The number of allylic oxidation sites excluding steroid dienone is 1. The summed E-state index contributed by atoms with van der Waals surface area (Å²) in [5.74, 6) is -9.97. The average molecular weight is 1120 g/mol. The van der Waals surface area contributed by atoms with Crippen LogP contribution in [0.4, 0.5) is 0 Å². The summed E-state index contributed by atoms with van der Waals surface area (Å²) in [5.41, 5.74) is 0.0608. The van der Waals surface area contributed by atoms with Gasteiger partial charge in [-0.2, -0.15) is 0 Å². The van der Waals surface area contributed by atoms with Crippen molar-refractivity contribution >= 4 is 65.1 Å². The molecule has 24 heteroatoms. The number of likely N-dealkylation sites (N-methyl/N-ethyl adjacent to an activating group) is 1. The second-order valence-electron chi connectivity index (χ2n) is 22.0. The molecule has 1 aromatic carbocycles. The summed E-state index contributed by atoms with van der Waals surface area (Å²) in [6, 6.07) is -5.45. The Morgan fingerprint density at radius 1 is 0.812 bits per heavy atom. The Morgan fingerprint density at radius 2 is 1.41 bits per heavy atom. The number of carbonyl (C=O) groups excluding carboxylic acids is 11. The maximum absolute atomic E-state index is 14.9. The van der Waals surface area contributed by atoms with Crippen molar-refractivity contribution in [2.24, 2.45) is 11.8 Å². The summed E-state index contributed by atoms with van der Waals surface area (Å²) in [5, 5.41) is 34.5. The van der Waals surface area contributed by atoms with Crippen molar-refractivity contribution in [1.82, 2.24) is 46.2 Å². The van der Waals surface area contributed by atoms with Crippen LogP contribution in [0, 0.1) is 11.8 Å². The van der Waals surface area contributed by atoms with Gasteiger partial charge in [0.15, 0.2) is 0 Å². The lowest BCUT2D eigenvalue weighted by Gasteiger charge is -2.43. The van der Waals surface area contributed by atoms with Crippen molar-refractivity contribution in [3.8, 4) is 5.75 Å². The number of hydrogen-bond acceptors (Lipinski definition) is 15. The minimum absolute atomic E-state index is 0.0187. The molecule has 4 heterocycles. The zero-order valence-corrected chi connectivity index (χ0v) is 47.8. The highest BCUT2D eigenvalue weighted by Crippen LogP contribution is 2.28. The number of ether oxygens (including phenoxy) is 2. The third kappa shape index (κ3) is 15.8. The number of hydrogen-bond donors (Lipinski definition) is 7. The first-order chi connectivity index (χ1) is 37.8. The molecule has 0 aromatic heterocycles. The van der Waals surface area contributed by atoms with E-state index in [2.05, 4.69) is 26.6 Å². The summed E-state index contributed by atoms with van der Waals surface area (Å²) < 4.78 is 11.8. The van der Waals surface area contributed by atoms with Gasteiger partial charge in [0.1, 0.15) is 78.2 Å². The molecule has 0 unspecified atom stereocenters. The van der Waals surface area contributed by atoms with Crippen molar-refractivity contribution in [3.63, 3.8) is 0 Å². The number of aromatic hydroxyl groups is 1. The molecule has 4 saturated heterocycles. The predicted molar refractivity (Wildman–Crippen MR) is 289 cm³/mol. The van der Waals surface area contributed by atoms with Crippen LogP contribution in [0.1, 0.15) is 139 Å². The monoisotopic (exact) mass is 1120 g/mol. The number of aliphatic hydroxyl groups excluding tert-OH is 1. The van der Waals surface area contributed by atoms with Gasteiger partial charge in [-0.05, 0) is 108 Å². The number of cyclic esters (lactones) is 1. The lowest BCUT2D eigenvalue weighted by molar-refractivity contribution is -0.166. The number of phenolic OH excluding ortho intramolecular Hbond substituents is 1.